The molecule has 1 heterocycles. The Labute approximate surface area is 158 Å². The second-order valence-electron chi connectivity index (χ2n) is 6.86. The quantitative estimate of drug-likeness (QED) is 0.584. The first-order valence-corrected chi connectivity index (χ1v) is 9.67. The van der Waals surface area contributed by atoms with Gasteiger partial charge in [0.15, 0.2) is 5.16 Å². The molecule has 2 rings (SSSR count). The number of benzene rings is 1. The molecule has 0 fully saturated rings. The van der Waals surface area contributed by atoms with Crippen LogP contribution in [0.4, 0.5) is 0 Å². The van der Waals surface area contributed by atoms with Crippen molar-refractivity contribution in [3.8, 4) is 5.69 Å². The second-order valence-corrected chi connectivity index (χ2v) is 7.80. The number of amides is 1. The molecule has 0 bridgehead atoms. The SMILES string of the molecule is CC(C)c1ccc(-n2ccnc2SCC(=O)NCC(C)(O)CCO)cc1. The first-order valence-electron chi connectivity index (χ1n) is 8.69. The largest absolute Gasteiger partial charge is 0.396 e. The van der Waals surface area contributed by atoms with E-state index in [0.717, 1.165) is 10.8 Å². The van der Waals surface area contributed by atoms with E-state index in [1.165, 1.54) is 17.3 Å². The van der Waals surface area contributed by atoms with E-state index >= 15 is 0 Å². The summed E-state index contributed by atoms with van der Waals surface area (Å²) in [4.78, 5) is 16.3. The number of imidazole rings is 1. The average Bonchev–Trinajstić information content (AvgIpc) is 3.07. The van der Waals surface area contributed by atoms with Gasteiger partial charge in [-0.3, -0.25) is 9.36 Å². The zero-order valence-corrected chi connectivity index (χ0v) is 16.3. The summed E-state index contributed by atoms with van der Waals surface area (Å²) in [5.41, 5.74) is 1.17. The Hall–Kier alpha value is -1.83. The highest BCUT2D eigenvalue weighted by molar-refractivity contribution is 7.99. The van der Waals surface area contributed by atoms with Gasteiger partial charge in [0.1, 0.15) is 0 Å². The Balaban J connectivity index is 1.93. The van der Waals surface area contributed by atoms with Crippen LogP contribution < -0.4 is 5.32 Å². The Morgan fingerprint density at radius 2 is 2.04 bits per heavy atom. The van der Waals surface area contributed by atoms with Crippen LogP contribution in [0.2, 0.25) is 0 Å². The van der Waals surface area contributed by atoms with E-state index < -0.39 is 5.60 Å². The number of hydrogen-bond acceptors (Lipinski definition) is 5. The van der Waals surface area contributed by atoms with E-state index in [2.05, 4.69) is 36.3 Å². The van der Waals surface area contributed by atoms with E-state index in [0.29, 0.717) is 5.92 Å². The summed E-state index contributed by atoms with van der Waals surface area (Å²) in [6, 6.07) is 8.30. The van der Waals surface area contributed by atoms with Crippen molar-refractivity contribution in [1.29, 1.82) is 0 Å². The maximum atomic E-state index is 12.0. The molecule has 1 unspecified atom stereocenters. The van der Waals surface area contributed by atoms with Crippen LogP contribution >= 0.6 is 11.8 Å². The van der Waals surface area contributed by atoms with Gasteiger partial charge < -0.3 is 15.5 Å². The summed E-state index contributed by atoms with van der Waals surface area (Å²) >= 11 is 1.34. The minimum absolute atomic E-state index is 0.109. The molecular formula is C19H27N3O3S. The van der Waals surface area contributed by atoms with Crippen molar-refractivity contribution in [2.24, 2.45) is 0 Å². The van der Waals surface area contributed by atoms with Crippen LogP contribution in [0.5, 0.6) is 0 Å². The molecule has 1 aromatic carbocycles. The highest BCUT2D eigenvalue weighted by Crippen LogP contribution is 2.22. The molecule has 1 amide bonds. The molecule has 1 aromatic heterocycles. The number of thioether (sulfide) groups is 1. The maximum absolute atomic E-state index is 12.0. The number of hydrogen-bond donors (Lipinski definition) is 3. The van der Waals surface area contributed by atoms with Gasteiger partial charge in [-0.15, -0.1) is 0 Å². The van der Waals surface area contributed by atoms with Crippen LogP contribution in [0, 0.1) is 0 Å². The molecule has 0 aliphatic heterocycles. The van der Waals surface area contributed by atoms with Gasteiger partial charge in [0.2, 0.25) is 5.91 Å². The fraction of sp³-hybridized carbons (Fsp3) is 0.474. The van der Waals surface area contributed by atoms with Gasteiger partial charge in [0.25, 0.3) is 0 Å². The van der Waals surface area contributed by atoms with Gasteiger partial charge in [0, 0.05) is 37.7 Å². The minimum atomic E-state index is -1.11. The number of aliphatic hydroxyl groups is 2. The molecular weight excluding hydrogens is 350 g/mol. The number of aromatic nitrogens is 2. The smallest absolute Gasteiger partial charge is 0.230 e. The summed E-state index contributed by atoms with van der Waals surface area (Å²) in [5.74, 6) is 0.501. The van der Waals surface area contributed by atoms with Crippen molar-refractivity contribution in [3.05, 3.63) is 42.2 Å². The Morgan fingerprint density at radius 3 is 2.65 bits per heavy atom. The molecule has 0 radical (unpaired) electrons. The van der Waals surface area contributed by atoms with E-state index in [-0.39, 0.29) is 31.2 Å². The number of nitrogens with one attached hydrogen (secondary N) is 1. The lowest BCUT2D eigenvalue weighted by molar-refractivity contribution is -0.119. The number of rotatable bonds is 9. The van der Waals surface area contributed by atoms with Gasteiger partial charge in [-0.2, -0.15) is 0 Å². The predicted octanol–water partition coefficient (Wildman–Crippen LogP) is 2.34. The molecule has 0 spiro atoms. The van der Waals surface area contributed by atoms with Gasteiger partial charge in [-0.1, -0.05) is 37.7 Å². The van der Waals surface area contributed by atoms with Gasteiger partial charge in [0.05, 0.1) is 11.4 Å². The van der Waals surface area contributed by atoms with Crippen LogP contribution in [0.25, 0.3) is 5.69 Å². The van der Waals surface area contributed by atoms with Crippen LogP contribution in [-0.4, -0.2) is 50.2 Å². The molecule has 1 atom stereocenters. The molecule has 7 heteroatoms. The van der Waals surface area contributed by atoms with Crippen LogP contribution in [0.3, 0.4) is 0 Å². The van der Waals surface area contributed by atoms with Gasteiger partial charge in [-0.05, 0) is 30.5 Å². The van der Waals surface area contributed by atoms with Crippen molar-refractivity contribution >= 4 is 17.7 Å². The highest BCUT2D eigenvalue weighted by atomic mass is 32.2. The van der Waals surface area contributed by atoms with E-state index in [4.69, 9.17) is 5.11 Å². The summed E-state index contributed by atoms with van der Waals surface area (Å²) in [6.07, 6.45) is 3.80. The molecule has 0 saturated heterocycles. The third-order valence-corrected chi connectivity index (χ3v) is 5.06. The van der Waals surface area contributed by atoms with Gasteiger partial charge in [-0.25, -0.2) is 4.98 Å². The Morgan fingerprint density at radius 1 is 1.35 bits per heavy atom. The normalized spacial score (nSPS) is 13.6. The van der Waals surface area contributed by atoms with Crippen molar-refractivity contribution in [2.45, 2.75) is 43.9 Å². The summed E-state index contributed by atoms with van der Waals surface area (Å²) < 4.78 is 1.95. The van der Waals surface area contributed by atoms with E-state index in [1.54, 1.807) is 13.1 Å². The van der Waals surface area contributed by atoms with Crippen LogP contribution in [-0.2, 0) is 4.79 Å². The molecule has 142 valence electrons. The van der Waals surface area contributed by atoms with E-state index in [1.807, 2.05) is 22.9 Å². The zero-order valence-electron chi connectivity index (χ0n) is 15.5. The number of aliphatic hydroxyl groups excluding tert-OH is 1. The van der Waals surface area contributed by atoms with Crippen molar-refractivity contribution in [2.75, 3.05) is 18.9 Å². The third kappa shape index (κ3) is 5.86. The molecule has 6 nitrogen and oxygen atoms in total. The lowest BCUT2D eigenvalue weighted by Crippen LogP contribution is -2.41. The monoisotopic (exact) mass is 377 g/mol. The predicted molar refractivity (Wildman–Crippen MR) is 104 cm³/mol. The molecule has 26 heavy (non-hydrogen) atoms. The third-order valence-electron chi connectivity index (χ3n) is 4.09. The summed E-state index contributed by atoms with van der Waals surface area (Å²) in [5, 5.41) is 22.3. The van der Waals surface area contributed by atoms with Crippen molar-refractivity contribution in [3.63, 3.8) is 0 Å². The number of carbonyl (C=O) groups excluding carboxylic acids is 1. The maximum Gasteiger partial charge on any atom is 0.230 e. The molecule has 0 saturated carbocycles. The fourth-order valence-electron chi connectivity index (χ4n) is 2.41. The highest BCUT2D eigenvalue weighted by Gasteiger charge is 2.20. The summed E-state index contributed by atoms with van der Waals surface area (Å²) in [7, 11) is 0. The first-order chi connectivity index (χ1) is 12.3. The van der Waals surface area contributed by atoms with E-state index in [9.17, 15) is 9.90 Å². The molecule has 3 N–H and O–H groups in total. The molecule has 0 aliphatic rings. The number of nitrogens with zero attached hydrogens (tertiary/aromatic N) is 2. The van der Waals surface area contributed by atoms with Crippen LogP contribution in [0.15, 0.2) is 41.8 Å². The number of carbonyl (C=O) groups is 1. The minimum Gasteiger partial charge on any atom is -0.396 e. The average molecular weight is 378 g/mol. The standard InChI is InChI=1S/C19H27N3O3S/c1-14(2)15-4-6-16(7-5-15)22-10-9-20-18(22)26-12-17(24)21-13-19(3,25)8-11-23/h4-7,9-10,14,23,25H,8,11-13H2,1-3H3,(H,21,24). The molecule has 0 aliphatic carbocycles. The first kappa shape index (κ1) is 20.5. The zero-order chi connectivity index (χ0) is 19.2. The Kier molecular flexibility index (Phi) is 7.25. The lowest BCUT2D eigenvalue weighted by atomic mass is 10.0. The Bertz CT molecular complexity index is 711. The van der Waals surface area contributed by atoms with Crippen molar-refractivity contribution < 1.29 is 15.0 Å². The molecule has 2 aromatic rings. The summed E-state index contributed by atoms with van der Waals surface area (Å²) in [6.45, 7) is 5.89. The van der Waals surface area contributed by atoms with Crippen molar-refractivity contribution in [1.82, 2.24) is 14.9 Å². The second kappa shape index (κ2) is 9.21. The van der Waals surface area contributed by atoms with Crippen LogP contribution in [0.1, 0.15) is 38.7 Å². The fourth-order valence-corrected chi connectivity index (χ4v) is 3.22. The van der Waals surface area contributed by atoms with Gasteiger partial charge >= 0.3 is 0 Å². The topological polar surface area (TPSA) is 87.4 Å². The lowest BCUT2D eigenvalue weighted by Gasteiger charge is -2.22.